The van der Waals surface area contributed by atoms with E-state index in [-0.39, 0.29) is 0 Å². The smallest absolute Gasteiger partial charge is 0.0555 e. The maximum atomic E-state index is 5.44. The van der Waals surface area contributed by atoms with E-state index in [1.54, 1.807) is 0 Å². The Balaban J connectivity index is 1.57. The Labute approximate surface area is 128 Å². The van der Waals surface area contributed by atoms with E-state index in [1.165, 1.54) is 57.2 Å². The van der Waals surface area contributed by atoms with Crippen molar-refractivity contribution in [1.29, 1.82) is 0 Å². The van der Waals surface area contributed by atoms with E-state index >= 15 is 0 Å². The first kappa shape index (κ1) is 14.6. The van der Waals surface area contributed by atoms with Gasteiger partial charge in [0.15, 0.2) is 0 Å². The quantitative estimate of drug-likeness (QED) is 0.844. The molecule has 112 valence electrons. The molecule has 21 heavy (non-hydrogen) atoms. The summed E-state index contributed by atoms with van der Waals surface area (Å²) in [5, 5.41) is 0. The highest BCUT2D eigenvalue weighted by Gasteiger charge is 2.36. The van der Waals surface area contributed by atoms with Crippen molar-refractivity contribution in [3.8, 4) is 11.8 Å². The van der Waals surface area contributed by atoms with Crippen LogP contribution < -0.4 is 5.73 Å². The molecule has 2 aliphatic rings. The molecule has 0 atom stereocenters. The number of benzene rings is 1. The van der Waals surface area contributed by atoms with Crippen molar-refractivity contribution >= 4 is 0 Å². The average molecular weight is 282 g/mol. The van der Waals surface area contributed by atoms with Crippen molar-refractivity contribution in [3.63, 3.8) is 0 Å². The first-order chi connectivity index (χ1) is 10.3. The van der Waals surface area contributed by atoms with Gasteiger partial charge in [0.05, 0.1) is 6.54 Å². The molecule has 1 aliphatic heterocycles. The van der Waals surface area contributed by atoms with Gasteiger partial charge in [0, 0.05) is 12.1 Å². The molecule has 0 amide bonds. The van der Waals surface area contributed by atoms with Crippen molar-refractivity contribution in [3.05, 3.63) is 35.4 Å². The van der Waals surface area contributed by atoms with Gasteiger partial charge in [-0.3, -0.25) is 4.90 Å². The van der Waals surface area contributed by atoms with Crippen molar-refractivity contribution < 1.29 is 0 Å². The van der Waals surface area contributed by atoms with Gasteiger partial charge in [-0.05, 0) is 61.9 Å². The molecule has 1 saturated carbocycles. The van der Waals surface area contributed by atoms with Crippen LogP contribution in [-0.4, -0.2) is 24.5 Å². The fraction of sp³-hybridized carbons (Fsp3) is 0.579. The molecule has 3 rings (SSSR count). The maximum Gasteiger partial charge on any atom is 0.0555 e. The van der Waals surface area contributed by atoms with E-state index in [0.717, 1.165) is 12.1 Å². The zero-order valence-electron chi connectivity index (χ0n) is 12.9. The van der Waals surface area contributed by atoms with E-state index < -0.39 is 0 Å². The Bertz CT molecular complexity index is 522. The molecular formula is C19H26N2. The predicted octanol–water partition coefficient (Wildman–Crippen LogP) is 3.15. The lowest BCUT2D eigenvalue weighted by atomic mass is 9.77. The molecule has 1 aromatic rings. The van der Waals surface area contributed by atoms with Crippen LogP contribution in [0.15, 0.2) is 24.3 Å². The Kier molecular flexibility index (Phi) is 4.63. The molecule has 1 heterocycles. The molecule has 2 N–H and O–H groups in total. The number of nitrogens with two attached hydrogens (primary N) is 1. The molecule has 2 nitrogen and oxygen atoms in total. The summed E-state index contributed by atoms with van der Waals surface area (Å²) < 4.78 is 0. The Morgan fingerprint density at radius 2 is 1.86 bits per heavy atom. The van der Waals surface area contributed by atoms with Crippen LogP contribution in [0.2, 0.25) is 0 Å². The molecule has 0 bridgehead atoms. The second-order valence-electron chi connectivity index (χ2n) is 6.69. The first-order valence-corrected chi connectivity index (χ1v) is 8.30. The van der Waals surface area contributed by atoms with E-state index in [9.17, 15) is 0 Å². The van der Waals surface area contributed by atoms with Crippen LogP contribution in [0.3, 0.4) is 0 Å². The van der Waals surface area contributed by atoms with Gasteiger partial charge in [0.25, 0.3) is 0 Å². The van der Waals surface area contributed by atoms with Gasteiger partial charge < -0.3 is 5.73 Å². The highest BCUT2D eigenvalue weighted by atomic mass is 15.1. The minimum atomic E-state index is 0.429. The third kappa shape index (κ3) is 3.67. The predicted molar refractivity (Wildman–Crippen MR) is 87.8 cm³/mol. The van der Waals surface area contributed by atoms with Crippen molar-refractivity contribution in [2.45, 2.75) is 45.1 Å². The minimum absolute atomic E-state index is 0.429. The van der Waals surface area contributed by atoms with Crippen molar-refractivity contribution in [1.82, 2.24) is 4.90 Å². The zero-order chi connectivity index (χ0) is 14.5. The summed E-state index contributed by atoms with van der Waals surface area (Å²) in [6.07, 6.45) is 8.68. The van der Waals surface area contributed by atoms with Crippen LogP contribution in [0.25, 0.3) is 0 Å². The summed E-state index contributed by atoms with van der Waals surface area (Å²) >= 11 is 0. The molecule has 1 aliphatic carbocycles. The Morgan fingerprint density at radius 1 is 1.10 bits per heavy atom. The normalized spacial score (nSPS) is 21.2. The third-order valence-corrected chi connectivity index (χ3v) is 5.25. The number of hydrogen-bond acceptors (Lipinski definition) is 2. The lowest BCUT2D eigenvalue weighted by Crippen LogP contribution is -2.38. The summed E-state index contributed by atoms with van der Waals surface area (Å²) in [6, 6.07) is 8.60. The second kappa shape index (κ2) is 6.64. The van der Waals surface area contributed by atoms with E-state index in [0.29, 0.717) is 12.0 Å². The Hall–Kier alpha value is -1.30. The molecule has 1 saturated heterocycles. The number of piperidine rings is 1. The van der Waals surface area contributed by atoms with Gasteiger partial charge in [-0.1, -0.05) is 36.8 Å². The van der Waals surface area contributed by atoms with Crippen LogP contribution in [0.5, 0.6) is 0 Å². The fourth-order valence-electron chi connectivity index (χ4n) is 3.97. The molecule has 1 spiro atoms. The fourth-order valence-corrected chi connectivity index (χ4v) is 3.97. The summed E-state index contributed by atoms with van der Waals surface area (Å²) in [5.41, 5.74) is 8.61. The molecular weight excluding hydrogens is 256 g/mol. The van der Waals surface area contributed by atoms with Gasteiger partial charge in [-0.2, -0.15) is 0 Å². The first-order valence-electron chi connectivity index (χ1n) is 8.30. The van der Waals surface area contributed by atoms with Gasteiger partial charge in [0.2, 0.25) is 0 Å². The minimum Gasteiger partial charge on any atom is -0.320 e. The van der Waals surface area contributed by atoms with Gasteiger partial charge in [0.1, 0.15) is 0 Å². The lowest BCUT2D eigenvalue weighted by Gasteiger charge is -2.39. The summed E-state index contributed by atoms with van der Waals surface area (Å²) in [5.74, 6) is 6.06. The van der Waals surface area contributed by atoms with Crippen LogP contribution in [-0.2, 0) is 6.54 Å². The number of likely N-dealkylation sites (tertiary alicyclic amines) is 1. The van der Waals surface area contributed by atoms with Crippen molar-refractivity contribution in [2.24, 2.45) is 11.1 Å². The number of hydrogen-bond donors (Lipinski definition) is 1. The van der Waals surface area contributed by atoms with E-state index in [1.807, 2.05) is 0 Å². The molecule has 2 fully saturated rings. The van der Waals surface area contributed by atoms with Crippen LogP contribution in [0.4, 0.5) is 0 Å². The Morgan fingerprint density at radius 3 is 2.57 bits per heavy atom. The maximum absolute atomic E-state index is 5.44. The van der Waals surface area contributed by atoms with Crippen molar-refractivity contribution in [2.75, 3.05) is 19.6 Å². The molecule has 0 aromatic heterocycles. The highest BCUT2D eigenvalue weighted by molar-refractivity contribution is 5.37. The molecule has 1 aromatic carbocycles. The summed E-state index contributed by atoms with van der Waals surface area (Å²) in [4.78, 5) is 2.61. The number of rotatable bonds is 2. The van der Waals surface area contributed by atoms with Crippen LogP contribution >= 0.6 is 0 Å². The topological polar surface area (TPSA) is 29.3 Å². The van der Waals surface area contributed by atoms with Gasteiger partial charge in [-0.25, -0.2) is 0 Å². The SMILES string of the molecule is NCC#Cc1cccc(CN2CCC3(CCCC3)CC2)c1. The highest BCUT2D eigenvalue weighted by Crippen LogP contribution is 2.46. The van der Waals surface area contributed by atoms with E-state index in [2.05, 4.69) is 41.0 Å². The van der Waals surface area contributed by atoms with Crippen LogP contribution in [0, 0.1) is 17.3 Å². The van der Waals surface area contributed by atoms with Crippen LogP contribution in [0.1, 0.15) is 49.7 Å². The van der Waals surface area contributed by atoms with Gasteiger partial charge >= 0.3 is 0 Å². The largest absolute Gasteiger partial charge is 0.320 e. The molecule has 2 heteroatoms. The zero-order valence-corrected chi connectivity index (χ0v) is 12.9. The summed E-state index contributed by atoms with van der Waals surface area (Å²) in [6.45, 7) is 4.02. The second-order valence-corrected chi connectivity index (χ2v) is 6.69. The molecule has 0 radical (unpaired) electrons. The molecule has 0 unspecified atom stereocenters. The van der Waals surface area contributed by atoms with E-state index in [4.69, 9.17) is 5.73 Å². The third-order valence-electron chi connectivity index (χ3n) is 5.25. The average Bonchev–Trinajstić information content (AvgIpc) is 2.97. The summed E-state index contributed by atoms with van der Waals surface area (Å²) in [7, 11) is 0. The van der Waals surface area contributed by atoms with Gasteiger partial charge in [-0.15, -0.1) is 0 Å². The standard InChI is InChI=1S/C19H26N2/c20-12-4-7-17-5-3-6-18(15-17)16-21-13-10-19(11-14-21)8-1-2-9-19/h3,5-6,15H,1-2,8-14,16,20H2. The number of nitrogens with zero attached hydrogens (tertiary/aromatic N) is 1. The lowest BCUT2D eigenvalue weighted by molar-refractivity contribution is 0.103. The monoisotopic (exact) mass is 282 g/mol.